The maximum Gasteiger partial charge on any atom is 0.267 e. The summed E-state index contributed by atoms with van der Waals surface area (Å²) < 4.78 is 18.6. The van der Waals surface area contributed by atoms with Gasteiger partial charge in [0.1, 0.15) is 16.6 Å². The zero-order valence-electron chi connectivity index (χ0n) is 13.5. The molecular weight excluding hydrogens is 341 g/mol. The molecule has 0 aliphatic carbocycles. The van der Waals surface area contributed by atoms with E-state index in [-0.39, 0.29) is 11.7 Å². The lowest BCUT2D eigenvalue weighted by Gasteiger charge is -2.16. The summed E-state index contributed by atoms with van der Waals surface area (Å²) >= 11 is 1.29. The summed E-state index contributed by atoms with van der Waals surface area (Å²) in [6, 6.07) is 15.2. The van der Waals surface area contributed by atoms with Crippen LogP contribution in [-0.2, 0) is 4.79 Å². The third-order valence-corrected chi connectivity index (χ3v) is 4.32. The van der Waals surface area contributed by atoms with Crippen LogP contribution in [-0.4, -0.2) is 22.2 Å². The van der Waals surface area contributed by atoms with E-state index in [4.69, 9.17) is 4.74 Å². The van der Waals surface area contributed by atoms with Gasteiger partial charge in [-0.1, -0.05) is 48.6 Å². The highest BCUT2D eigenvalue weighted by Crippen LogP contribution is 2.26. The molecule has 0 saturated heterocycles. The molecule has 0 aliphatic heterocycles. The van der Waals surface area contributed by atoms with Crippen LogP contribution in [0, 0.1) is 5.82 Å². The molecule has 0 aliphatic rings. The maximum atomic E-state index is 12.9. The van der Waals surface area contributed by atoms with Gasteiger partial charge in [-0.15, -0.1) is 10.2 Å². The second kappa shape index (κ2) is 7.85. The summed E-state index contributed by atoms with van der Waals surface area (Å²) in [5, 5.41) is 11.9. The van der Waals surface area contributed by atoms with E-state index in [2.05, 4.69) is 15.5 Å². The lowest BCUT2D eigenvalue weighted by Crippen LogP contribution is -2.32. The fourth-order valence-electron chi connectivity index (χ4n) is 2.16. The standard InChI is InChI=1S/C18H16FN3O2S/c1-2-15(24-14-10-8-13(19)9-11-14)16(23)20-18-22-21-17(25-18)12-6-4-3-5-7-12/h3-11,15H,2H2,1H3,(H,20,22,23)/t15-/m0/s1. The van der Waals surface area contributed by atoms with Crippen LogP contribution < -0.4 is 10.1 Å². The molecule has 0 bridgehead atoms. The van der Waals surface area contributed by atoms with Crippen molar-refractivity contribution >= 4 is 22.4 Å². The van der Waals surface area contributed by atoms with Crippen LogP contribution in [0.5, 0.6) is 5.75 Å². The van der Waals surface area contributed by atoms with Crippen LogP contribution in [0.25, 0.3) is 10.6 Å². The van der Waals surface area contributed by atoms with E-state index in [0.29, 0.717) is 17.3 Å². The van der Waals surface area contributed by atoms with Crippen LogP contribution in [0.2, 0.25) is 0 Å². The quantitative estimate of drug-likeness (QED) is 0.720. The molecule has 1 heterocycles. The van der Waals surface area contributed by atoms with Crippen molar-refractivity contribution in [1.82, 2.24) is 10.2 Å². The molecule has 1 atom stereocenters. The number of nitrogens with zero attached hydrogens (tertiary/aromatic N) is 2. The van der Waals surface area contributed by atoms with Crippen molar-refractivity contribution < 1.29 is 13.9 Å². The van der Waals surface area contributed by atoms with Crippen LogP contribution in [0.15, 0.2) is 54.6 Å². The van der Waals surface area contributed by atoms with E-state index >= 15 is 0 Å². The Morgan fingerprint density at radius 3 is 2.56 bits per heavy atom. The Bertz CT molecular complexity index is 837. The maximum absolute atomic E-state index is 12.9. The largest absolute Gasteiger partial charge is 0.481 e. The molecule has 0 radical (unpaired) electrons. The van der Waals surface area contributed by atoms with Gasteiger partial charge in [-0.25, -0.2) is 4.39 Å². The van der Waals surface area contributed by atoms with Crippen molar-refractivity contribution in [3.63, 3.8) is 0 Å². The highest BCUT2D eigenvalue weighted by molar-refractivity contribution is 7.18. The van der Waals surface area contributed by atoms with E-state index in [0.717, 1.165) is 10.6 Å². The van der Waals surface area contributed by atoms with Gasteiger partial charge < -0.3 is 4.74 Å². The minimum absolute atomic E-state index is 0.317. The first-order chi connectivity index (χ1) is 12.2. The van der Waals surface area contributed by atoms with Crippen LogP contribution in [0.4, 0.5) is 9.52 Å². The van der Waals surface area contributed by atoms with Gasteiger partial charge in [-0.3, -0.25) is 10.1 Å². The minimum Gasteiger partial charge on any atom is -0.481 e. The lowest BCUT2D eigenvalue weighted by molar-refractivity contribution is -0.122. The van der Waals surface area contributed by atoms with Gasteiger partial charge in [0.25, 0.3) is 5.91 Å². The smallest absolute Gasteiger partial charge is 0.267 e. The summed E-state index contributed by atoms with van der Waals surface area (Å²) in [5.41, 5.74) is 0.940. The van der Waals surface area contributed by atoms with Crippen molar-refractivity contribution in [3.8, 4) is 16.3 Å². The average molecular weight is 357 g/mol. The number of benzene rings is 2. The number of aromatic nitrogens is 2. The Hall–Kier alpha value is -2.80. The van der Waals surface area contributed by atoms with Gasteiger partial charge in [0.05, 0.1) is 0 Å². The predicted octanol–water partition coefficient (Wildman–Crippen LogP) is 4.14. The number of ether oxygens (including phenoxy) is 1. The molecule has 0 spiro atoms. The van der Waals surface area contributed by atoms with Gasteiger partial charge in [0, 0.05) is 5.56 Å². The van der Waals surface area contributed by atoms with Crippen molar-refractivity contribution in [3.05, 3.63) is 60.4 Å². The van der Waals surface area contributed by atoms with Crippen molar-refractivity contribution in [2.75, 3.05) is 5.32 Å². The van der Waals surface area contributed by atoms with Gasteiger partial charge in [0.15, 0.2) is 6.10 Å². The fourth-order valence-corrected chi connectivity index (χ4v) is 2.91. The minimum atomic E-state index is -0.700. The number of nitrogens with one attached hydrogen (secondary N) is 1. The molecule has 3 aromatic rings. The number of hydrogen-bond acceptors (Lipinski definition) is 5. The predicted molar refractivity (Wildman–Crippen MR) is 95.1 cm³/mol. The van der Waals surface area contributed by atoms with Crippen LogP contribution in [0.3, 0.4) is 0 Å². The van der Waals surface area contributed by atoms with Crippen molar-refractivity contribution in [2.24, 2.45) is 0 Å². The summed E-state index contributed by atoms with van der Waals surface area (Å²) in [5.74, 6) is -0.236. The number of halogens is 1. The molecule has 1 N–H and O–H groups in total. The molecule has 25 heavy (non-hydrogen) atoms. The Kier molecular flexibility index (Phi) is 5.35. The molecule has 1 aromatic heterocycles. The molecule has 5 nitrogen and oxygen atoms in total. The molecule has 7 heteroatoms. The first-order valence-corrected chi connectivity index (χ1v) is 8.59. The summed E-state index contributed by atoms with van der Waals surface area (Å²) in [4.78, 5) is 12.4. The van der Waals surface area contributed by atoms with Gasteiger partial charge in [-0.05, 0) is 30.7 Å². The highest BCUT2D eigenvalue weighted by atomic mass is 32.1. The van der Waals surface area contributed by atoms with Crippen LogP contribution >= 0.6 is 11.3 Å². The van der Waals surface area contributed by atoms with E-state index in [1.807, 2.05) is 37.3 Å². The van der Waals surface area contributed by atoms with Crippen molar-refractivity contribution in [2.45, 2.75) is 19.4 Å². The van der Waals surface area contributed by atoms with Crippen molar-refractivity contribution in [1.29, 1.82) is 0 Å². The fraction of sp³-hybridized carbons (Fsp3) is 0.167. The third kappa shape index (κ3) is 4.39. The molecule has 0 unspecified atom stereocenters. The Balaban J connectivity index is 1.66. The van der Waals surface area contributed by atoms with Gasteiger partial charge >= 0.3 is 0 Å². The molecular formula is C18H16FN3O2S. The third-order valence-electron chi connectivity index (χ3n) is 3.43. The monoisotopic (exact) mass is 357 g/mol. The summed E-state index contributed by atoms with van der Waals surface area (Å²) in [6.07, 6.45) is -0.234. The highest BCUT2D eigenvalue weighted by Gasteiger charge is 2.20. The van der Waals surface area contributed by atoms with E-state index in [1.165, 1.54) is 35.6 Å². The van der Waals surface area contributed by atoms with E-state index in [1.54, 1.807) is 0 Å². The lowest BCUT2D eigenvalue weighted by atomic mass is 10.2. The Morgan fingerprint density at radius 1 is 1.16 bits per heavy atom. The number of anilines is 1. The molecule has 2 aromatic carbocycles. The Labute approximate surface area is 148 Å². The first-order valence-electron chi connectivity index (χ1n) is 7.77. The zero-order chi connectivity index (χ0) is 17.6. The van der Waals surface area contributed by atoms with E-state index < -0.39 is 6.10 Å². The number of amides is 1. The molecule has 1 amide bonds. The second-order valence-corrected chi connectivity index (χ2v) is 6.21. The second-order valence-electron chi connectivity index (χ2n) is 5.24. The normalized spacial score (nSPS) is 11.8. The average Bonchev–Trinajstić information content (AvgIpc) is 3.10. The van der Waals surface area contributed by atoms with Crippen LogP contribution in [0.1, 0.15) is 13.3 Å². The molecule has 0 saturated carbocycles. The SMILES string of the molecule is CC[C@H](Oc1ccc(F)cc1)C(=O)Nc1nnc(-c2ccccc2)s1. The topological polar surface area (TPSA) is 64.1 Å². The number of rotatable bonds is 6. The van der Waals surface area contributed by atoms with E-state index in [9.17, 15) is 9.18 Å². The zero-order valence-corrected chi connectivity index (χ0v) is 14.3. The first kappa shape index (κ1) is 17.0. The summed E-state index contributed by atoms with van der Waals surface area (Å²) in [6.45, 7) is 1.84. The number of hydrogen-bond donors (Lipinski definition) is 1. The Morgan fingerprint density at radius 2 is 1.88 bits per heavy atom. The summed E-state index contributed by atoms with van der Waals surface area (Å²) in [7, 11) is 0. The molecule has 0 fully saturated rings. The molecule has 3 rings (SSSR count). The van der Waals surface area contributed by atoms with Gasteiger partial charge in [0.2, 0.25) is 5.13 Å². The van der Waals surface area contributed by atoms with Gasteiger partial charge in [-0.2, -0.15) is 0 Å². The molecule has 128 valence electrons. The number of carbonyl (C=O) groups is 1. The number of carbonyl (C=O) groups excluding carboxylic acids is 1.